The van der Waals surface area contributed by atoms with Crippen LogP contribution in [-0.2, 0) is 9.53 Å². The smallest absolute Gasteiger partial charge is 0.407 e. The lowest BCUT2D eigenvalue weighted by Crippen LogP contribution is -2.35. The summed E-state index contributed by atoms with van der Waals surface area (Å²) in [7, 11) is 0. The predicted molar refractivity (Wildman–Crippen MR) is 125 cm³/mol. The Morgan fingerprint density at radius 2 is 1.59 bits per heavy atom. The van der Waals surface area contributed by atoms with Crippen LogP contribution in [0.5, 0.6) is 0 Å². The maximum atomic E-state index is 12.6. The molecule has 1 heterocycles. The van der Waals surface area contributed by atoms with E-state index in [-0.39, 0.29) is 48.1 Å². The van der Waals surface area contributed by atoms with Crippen molar-refractivity contribution in [2.24, 2.45) is 5.92 Å². The second-order valence-electron chi connectivity index (χ2n) is 9.51. The molecule has 3 N–H and O–H groups in total. The van der Waals surface area contributed by atoms with Crippen LogP contribution in [0.25, 0.3) is 0 Å². The number of imide groups is 1. The van der Waals surface area contributed by atoms with Crippen molar-refractivity contribution >= 4 is 29.7 Å². The van der Waals surface area contributed by atoms with Crippen LogP contribution in [0.2, 0.25) is 0 Å². The minimum atomic E-state index is -0.600. The zero-order valence-corrected chi connectivity index (χ0v) is 20.4. The molecule has 0 saturated carbocycles. The van der Waals surface area contributed by atoms with Gasteiger partial charge in [0.05, 0.1) is 11.1 Å². The first-order valence-electron chi connectivity index (χ1n) is 11.4. The first-order chi connectivity index (χ1) is 15.9. The van der Waals surface area contributed by atoms with Gasteiger partial charge in [0.25, 0.3) is 17.7 Å². The lowest BCUT2D eigenvalue weighted by molar-refractivity contribution is -0.120. The number of alkyl carbamates (subject to hydrolysis) is 1. The van der Waals surface area contributed by atoms with Crippen molar-refractivity contribution in [1.82, 2.24) is 20.9 Å². The van der Waals surface area contributed by atoms with Crippen LogP contribution >= 0.6 is 0 Å². The van der Waals surface area contributed by atoms with E-state index in [1.807, 2.05) is 13.8 Å². The molecule has 0 saturated heterocycles. The number of carbonyl (C=O) groups excluding carboxylic acids is 5. The number of carbonyl (C=O) groups is 5. The summed E-state index contributed by atoms with van der Waals surface area (Å²) in [5, 5.41) is 7.97. The summed E-state index contributed by atoms with van der Waals surface area (Å²) < 4.78 is 5.09. The minimum Gasteiger partial charge on any atom is -0.444 e. The molecule has 34 heavy (non-hydrogen) atoms. The molecule has 10 heteroatoms. The summed E-state index contributed by atoms with van der Waals surface area (Å²) in [4.78, 5) is 62.0. The van der Waals surface area contributed by atoms with Crippen LogP contribution in [0.4, 0.5) is 4.79 Å². The van der Waals surface area contributed by atoms with Crippen LogP contribution in [-0.4, -0.2) is 66.4 Å². The van der Waals surface area contributed by atoms with E-state index in [0.717, 1.165) is 0 Å². The van der Waals surface area contributed by atoms with Gasteiger partial charge in [-0.1, -0.05) is 13.8 Å². The van der Waals surface area contributed by atoms with E-state index < -0.39 is 11.7 Å². The van der Waals surface area contributed by atoms with Gasteiger partial charge >= 0.3 is 6.09 Å². The van der Waals surface area contributed by atoms with Gasteiger partial charge in [-0.3, -0.25) is 24.1 Å². The van der Waals surface area contributed by atoms with E-state index >= 15 is 0 Å². The molecule has 0 aromatic heterocycles. The number of ether oxygens (including phenoxy) is 1. The highest BCUT2D eigenvalue weighted by molar-refractivity contribution is 6.22. The topological polar surface area (TPSA) is 134 Å². The van der Waals surface area contributed by atoms with Crippen LogP contribution in [0, 0.1) is 5.92 Å². The zero-order valence-electron chi connectivity index (χ0n) is 20.4. The molecule has 0 fully saturated rings. The standard InChI is InChI=1S/C24H34N4O6/c1-15(2)14-28-21(31)17-8-7-16(13-18(17)22(28)32)20(30)26-11-6-10-25-19(29)9-12-27-23(33)34-24(3,4)5/h7-8,13,15H,6,9-12,14H2,1-5H3,(H,25,29)(H,26,30)(H,27,33). The van der Waals surface area contributed by atoms with Crippen molar-refractivity contribution in [1.29, 1.82) is 0 Å². The lowest BCUT2D eigenvalue weighted by atomic mass is 10.1. The molecule has 186 valence electrons. The van der Waals surface area contributed by atoms with Gasteiger partial charge in [-0.2, -0.15) is 0 Å². The molecule has 0 unspecified atom stereocenters. The van der Waals surface area contributed by atoms with Crippen molar-refractivity contribution in [2.75, 3.05) is 26.2 Å². The first-order valence-corrected chi connectivity index (χ1v) is 11.4. The second kappa shape index (κ2) is 11.6. The number of hydrogen-bond acceptors (Lipinski definition) is 6. The molecule has 1 aromatic rings. The van der Waals surface area contributed by atoms with E-state index in [2.05, 4.69) is 16.0 Å². The van der Waals surface area contributed by atoms with Gasteiger partial charge in [0.1, 0.15) is 5.60 Å². The Balaban J connectivity index is 1.70. The molecular weight excluding hydrogens is 440 g/mol. The number of fused-ring (bicyclic) bond motifs is 1. The number of nitrogens with one attached hydrogen (secondary N) is 3. The number of nitrogens with zero attached hydrogens (tertiary/aromatic N) is 1. The van der Waals surface area contributed by atoms with Gasteiger partial charge < -0.3 is 20.7 Å². The molecule has 0 bridgehead atoms. The van der Waals surface area contributed by atoms with Crippen LogP contribution in [0.1, 0.15) is 78.5 Å². The Kier molecular flexibility index (Phi) is 9.17. The molecule has 1 aromatic carbocycles. The Labute approximate surface area is 199 Å². The minimum absolute atomic E-state index is 0.112. The first kappa shape index (κ1) is 26.8. The molecule has 0 radical (unpaired) electrons. The van der Waals surface area contributed by atoms with Crippen molar-refractivity contribution in [3.05, 3.63) is 34.9 Å². The molecule has 0 atom stereocenters. The predicted octanol–water partition coefficient (Wildman–Crippen LogP) is 2.09. The van der Waals surface area contributed by atoms with Crippen molar-refractivity contribution in [3.8, 4) is 0 Å². The van der Waals surface area contributed by atoms with Gasteiger partial charge in [-0.25, -0.2) is 4.79 Å². The fourth-order valence-electron chi connectivity index (χ4n) is 3.26. The van der Waals surface area contributed by atoms with Crippen LogP contribution < -0.4 is 16.0 Å². The van der Waals surface area contributed by atoms with Gasteiger partial charge in [0.15, 0.2) is 0 Å². The lowest BCUT2D eigenvalue weighted by Gasteiger charge is -2.19. The Morgan fingerprint density at radius 3 is 2.24 bits per heavy atom. The van der Waals surface area contributed by atoms with E-state index in [9.17, 15) is 24.0 Å². The largest absolute Gasteiger partial charge is 0.444 e. The fourth-order valence-corrected chi connectivity index (χ4v) is 3.26. The van der Waals surface area contributed by atoms with E-state index in [1.165, 1.54) is 23.1 Å². The molecule has 5 amide bonds. The maximum Gasteiger partial charge on any atom is 0.407 e. The van der Waals surface area contributed by atoms with Gasteiger partial charge in [0.2, 0.25) is 5.91 Å². The highest BCUT2D eigenvalue weighted by Gasteiger charge is 2.36. The molecule has 1 aliphatic heterocycles. The normalized spacial score (nSPS) is 13.1. The highest BCUT2D eigenvalue weighted by atomic mass is 16.6. The summed E-state index contributed by atoms with van der Waals surface area (Å²) in [6.45, 7) is 10.3. The van der Waals surface area contributed by atoms with Gasteiger partial charge in [-0.05, 0) is 51.3 Å². The van der Waals surface area contributed by atoms with Crippen LogP contribution in [0.3, 0.4) is 0 Å². The quantitative estimate of drug-likeness (QED) is 0.351. The Hall–Kier alpha value is -3.43. The molecular formula is C24H34N4O6. The Bertz CT molecular complexity index is 951. The summed E-state index contributed by atoms with van der Waals surface area (Å²) in [5.74, 6) is -1.16. The van der Waals surface area contributed by atoms with E-state index in [4.69, 9.17) is 4.74 Å². The zero-order chi connectivity index (χ0) is 25.5. The number of benzene rings is 1. The number of hydrogen-bond donors (Lipinski definition) is 3. The van der Waals surface area contributed by atoms with Gasteiger partial charge in [0, 0.05) is 38.2 Å². The summed E-state index contributed by atoms with van der Waals surface area (Å²) in [6, 6.07) is 4.48. The van der Waals surface area contributed by atoms with E-state index in [0.29, 0.717) is 37.2 Å². The van der Waals surface area contributed by atoms with Crippen molar-refractivity contribution < 1.29 is 28.7 Å². The molecule has 0 aliphatic carbocycles. The average molecular weight is 475 g/mol. The van der Waals surface area contributed by atoms with Gasteiger partial charge in [-0.15, -0.1) is 0 Å². The Morgan fingerprint density at radius 1 is 0.941 bits per heavy atom. The molecule has 0 spiro atoms. The average Bonchev–Trinajstić information content (AvgIpc) is 2.96. The summed E-state index contributed by atoms with van der Waals surface area (Å²) in [5.41, 5.74) is 0.248. The van der Waals surface area contributed by atoms with Crippen molar-refractivity contribution in [3.63, 3.8) is 0 Å². The SMILES string of the molecule is CC(C)CN1C(=O)c2ccc(C(=O)NCCCNC(=O)CCNC(=O)OC(C)(C)C)cc2C1=O. The maximum absolute atomic E-state index is 12.6. The van der Waals surface area contributed by atoms with E-state index in [1.54, 1.807) is 20.8 Å². The van der Waals surface area contributed by atoms with Crippen molar-refractivity contribution in [2.45, 2.75) is 53.1 Å². The molecule has 10 nitrogen and oxygen atoms in total. The highest BCUT2D eigenvalue weighted by Crippen LogP contribution is 2.24. The number of amides is 5. The molecule has 1 aliphatic rings. The fraction of sp³-hybridized carbons (Fsp3) is 0.542. The summed E-state index contributed by atoms with van der Waals surface area (Å²) in [6.07, 6.45) is 0.0382. The van der Waals surface area contributed by atoms with Crippen LogP contribution in [0.15, 0.2) is 18.2 Å². The monoisotopic (exact) mass is 474 g/mol. The second-order valence-corrected chi connectivity index (χ2v) is 9.51. The third-order valence-corrected chi connectivity index (χ3v) is 4.76. The number of rotatable bonds is 10. The molecule has 2 rings (SSSR count). The third kappa shape index (κ3) is 7.86. The summed E-state index contributed by atoms with van der Waals surface area (Å²) >= 11 is 0. The third-order valence-electron chi connectivity index (χ3n) is 4.76.